The third-order valence-electron chi connectivity index (χ3n) is 1.71. The summed E-state index contributed by atoms with van der Waals surface area (Å²) < 4.78 is 8.97. The monoisotopic (exact) mass is 213 g/mol. The maximum Gasteiger partial charge on any atom is 0.336 e. The largest absolute Gasteiger partial charge is 0.472 e. The van der Waals surface area contributed by atoms with Crippen molar-refractivity contribution in [1.29, 1.82) is 0 Å². The van der Waals surface area contributed by atoms with E-state index < -0.39 is 18.0 Å². The second kappa shape index (κ2) is 5.16. The van der Waals surface area contributed by atoms with Crippen LogP contribution in [0.5, 0.6) is 0 Å². The van der Waals surface area contributed by atoms with E-state index in [-0.39, 0.29) is 6.54 Å². The van der Waals surface area contributed by atoms with E-state index >= 15 is 0 Å². The van der Waals surface area contributed by atoms with Crippen molar-refractivity contribution < 1.29 is 23.8 Å². The molecule has 0 radical (unpaired) electrons. The summed E-state index contributed by atoms with van der Waals surface area (Å²) in [6.45, 7) is -0.198. The quantitative estimate of drug-likeness (QED) is 0.661. The van der Waals surface area contributed by atoms with Crippen LogP contribution in [0.15, 0.2) is 23.0 Å². The Bertz CT molecular complexity index is 332. The van der Waals surface area contributed by atoms with Gasteiger partial charge in [-0.2, -0.15) is 0 Å². The lowest BCUT2D eigenvalue weighted by molar-refractivity contribution is -0.149. The van der Waals surface area contributed by atoms with E-state index in [1.165, 1.54) is 18.6 Å². The van der Waals surface area contributed by atoms with Crippen LogP contribution in [-0.4, -0.2) is 36.7 Å². The molecule has 6 nitrogen and oxygen atoms in total. The lowest BCUT2D eigenvalue weighted by Gasteiger charge is -2.08. The van der Waals surface area contributed by atoms with E-state index in [4.69, 9.17) is 9.52 Å². The van der Waals surface area contributed by atoms with Gasteiger partial charge in [0.25, 0.3) is 5.91 Å². The minimum absolute atomic E-state index is 0.198. The maximum absolute atomic E-state index is 11.3. The fourth-order valence-electron chi connectivity index (χ4n) is 0.904. The molecule has 0 saturated carbocycles. The van der Waals surface area contributed by atoms with Crippen LogP contribution in [0.1, 0.15) is 10.4 Å². The fraction of sp³-hybridized carbons (Fsp3) is 0.333. The van der Waals surface area contributed by atoms with E-state index in [1.54, 1.807) is 0 Å². The van der Waals surface area contributed by atoms with Gasteiger partial charge in [-0.05, 0) is 6.07 Å². The van der Waals surface area contributed by atoms with Crippen molar-refractivity contribution in [2.45, 2.75) is 6.10 Å². The lowest BCUT2D eigenvalue weighted by atomic mass is 10.3. The first-order chi connectivity index (χ1) is 7.15. The van der Waals surface area contributed by atoms with Crippen molar-refractivity contribution in [3.8, 4) is 0 Å². The molecule has 0 aliphatic heterocycles. The summed E-state index contributed by atoms with van der Waals surface area (Å²) in [7, 11) is 1.16. The molecular formula is C9H11NO5. The van der Waals surface area contributed by atoms with Crippen LogP contribution < -0.4 is 5.32 Å². The SMILES string of the molecule is COC(=O)C(O)CNC(=O)c1ccoc1. The second-order valence-electron chi connectivity index (χ2n) is 2.76. The summed E-state index contributed by atoms with van der Waals surface area (Å²) in [6.07, 6.45) is 1.26. The average molecular weight is 213 g/mol. The third-order valence-corrected chi connectivity index (χ3v) is 1.71. The van der Waals surface area contributed by atoms with Gasteiger partial charge >= 0.3 is 5.97 Å². The van der Waals surface area contributed by atoms with Gasteiger partial charge in [0.1, 0.15) is 6.26 Å². The van der Waals surface area contributed by atoms with Gasteiger partial charge in [-0.25, -0.2) is 4.79 Å². The molecular weight excluding hydrogens is 202 g/mol. The highest BCUT2D eigenvalue weighted by Gasteiger charge is 2.16. The van der Waals surface area contributed by atoms with E-state index in [1.807, 2.05) is 0 Å². The molecule has 1 rings (SSSR count). The number of aliphatic hydroxyl groups excluding tert-OH is 1. The van der Waals surface area contributed by atoms with E-state index in [0.717, 1.165) is 7.11 Å². The van der Waals surface area contributed by atoms with E-state index in [0.29, 0.717) is 5.56 Å². The number of furan rings is 1. The maximum atomic E-state index is 11.3. The van der Waals surface area contributed by atoms with Crippen LogP contribution in [0.2, 0.25) is 0 Å². The number of esters is 1. The second-order valence-corrected chi connectivity index (χ2v) is 2.76. The summed E-state index contributed by atoms with van der Waals surface area (Å²) in [6, 6.07) is 1.47. The molecule has 0 bridgehead atoms. The van der Waals surface area contributed by atoms with Gasteiger partial charge < -0.3 is 19.6 Å². The van der Waals surface area contributed by atoms with Crippen molar-refractivity contribution >= 4 is 11.9 Å². The molecule has 1 heterocycles. The minimum atomic E-state index is -1.36. The smallest absolute Gasteiger partial charge is 0.336 e. The van der Waals surface area contributed by atoms with Gasteiger partial charge in [-0.3, -0.25) is 4.79 Å². The molecule has 0 spiro atoms. The number of aliphatic hydroxyl groups is 1. The van der Waals surface area contributed by atoms with Crippen LogP contribution >= 0.6 is 0 Å². The Kier molecular flexibility index (Phi) is 3.87. The summed E-state index contributed by atoms with van der Waals surface area (Å²) >= 11 is 0. The molecule has 0 aromatic carbocycles. The normalized spacial score (nSPS) is 11.9. The number of carbonyl (C=O) groups is 2. The molecule has 0 saturated heterocycles. The summed E-state index contributed by atoms with van der Waals surface area (Å²) in [5.74, 6) is -1.21. The van der Waals surface area contributed by atoms with Gasteiger partial charge in [0.2, 0.25) is 0 Å². The minimum Gasteiger partial charge on any atom is -0.472 e. The highest BCUT2D eigenvalue weighted by molar-refractivity contribution is 5.94. The number of hydrogen-bond donors (Lipinski definition) is 2. The van der Waals surface area contributed by atoms with Crippen LogP contribution in [0.3, 0.4) is 0 Å². The zero-order chi connectivity index (χ0) is 11.3. The highest BCUT2D eigenvalue weighted by atomic mass is 16.5. The Labute approximate surface area is 85.8 Å². The van der Waals surface area contributed by atoms with Gasteiger partial charge in [-0.15, -0.1) is 0 Å². The fourth-order valence-corrected chi connectivity index (χ4v) is 0.904. The molecule has 1 aromatic rings. The molecule has 15 heavy (non-hydrogen) atoms. The van der Waals surface area contributed by atoms with Gasteiger partial charge in [-0.1, -0.05) is 0 Å². The lowest BCUT2D eigenvalue weighted by Crippen LogP contribution is -2.37. The number of nitrogens with one attached hydrogen (secondary N) is 1. The standard InChI is InChI=1S/C9H11NO5/c1-14-9(13)7(11)4-10-8(12)6-2-3-15-5-6/h2-3,5,7,11H,4H2,1H3,(H,10,12). The first-order valence-corrected chi connectivity index (χ1v) is 4.21. The summed E-state index contributed by atoms with van der Waals surface area (Å²) in [5, 5.41) is 11.5. The van der Waals surface area contributed by atoms with Crippen LogP contribution in [0.25, 0.3) is 0 Å². The molecule has 1 amide bonds. The number of ether oxygens (including phenoxy) is 1. The van der Waals surface area contributed by atoms with Crippen LogP contribution in [-0.2, 0) is 9.53 Å². The van der Waals surface area contributed by atoms with Crippen molar-refractivity contribution in [3.63, 3.8) is 0 Å². The summed E-state index contributed by atoms with van der Waals surface area (Å²) in [4.78, 5) is 22.1. The van der Waals surface area contributed by atoms with Crippen LogP contribution in [0.4, 0.5) is 0 Å². The van der Waals surface area contributed by atoms with Crippen molar-refractivity contribution in [2.75, 3.05) is 13.7 Å². The number of hydrogen-bond acceptors (Lipinski definition) is 5. The van der Waals surface area contributed by atoms with Gasteiger partial charge in [0.15, 0.2) is 6.10 Å². The van der Waals surface area contributed by atoms with E-state index in [2.05, 4.69) is 10.1 Å². The predicted octanol–water partition coefficient (Wildman–Crippen LogP) is -0.457. The zero-order valence-electron chi connectivity index (χ0n) is 8.10. The Morgan fingerprint density at radius 3 is 2.93 bits per heavy atom. The molecule has 1 aromatic heterocycles. The molecule has 82 valence electrons. The third kappa shape index (κ3) is 3.10. The molecule has 0 fully saturated rings. The molecule has 6 heteroatoms. The molecule has 0 aliphatic carbocycles. The Hall–Kier alpha value is -1.82. The molecule has 1 atom stereocenters. The van der Waals surface area contributed by atoms with Gasteiger partial charge in [0, 0.05) is 0 Å². The number of carbonyl (C=O) groups excluding carboxylic acids is 2. The van der Waals surface area contributed by atoms with E-state index in [9.17, 15) is 9.59 Å². The summed E-state index contributed by atoms with van der Waals surface area (Å²) in [5.41, 5.74) is 0.326. The van der Waals surface area contributed by atoms with Crippen molar-refractivity contribution in [3.05, 3.63) is 24.2 Å². The Morgan fingerprint density at radius 2 is 2.40 bits per heavy atom. The van der Waals surface area contributed by atoms with Crippen LogP contribution in [0, 0.1) is 0 Å². The Balaban J connectivity index is 2.38. The average Bonchev–Trinajstić information content (AvgIpc) is 2.77. The molecule has 1 unspecified atom stereocenters. The predicted molar refractivity (Wildman–Crippen MR) is 49.1 cm³/mol. The first kappa shape index (κ1) is 11.3. The zero-order valence-corrected chi connectivity index (χ0v) is 8.10. The first-order valence-electron chi connectivity index (χ1n) is 4.21. The molecule has 0 aliphatic rings. The number of rotatable bonds is 4. The topological polar surface area (TPSA) is 88.8 Å². The van der Waals surface area contributed by atoms with Crippen molar-refractivity contribution in [1.82, 2.24) is 5.32 Å². The number of methoxy groups -OCH3 is 1. The molecule has 2 N–H and O–H groups in total. The highest BCUT2D eigenvalue weighted by Crippen LogP contribution is 1.99. The Morgan fingerprint density at radius 1 is 1.67 bits per heavy atom. The van der Waals surface area contributed by atoms with Crippen molar-refractivity contribution in [2.24, 2.45) is 0 Å². The van der Waals surface area contributed by atoms with Gasteiger partial charge in [0.05, 0.1) is 25.5 Å². The number of amides is 1.